The molecule has 1 amide bonds. The highest BCUT2D eigenvalue weighted by atomic mass is 32.2. The number of carbonyl (C=O) groups excluding carboxylic acids is 1. The molecule has 0 aliphatic carbocycles. The number of amides is 1. The number of primary sulfonamides is 1. The Kier molecular flexibility index (Phi) is 5.29. The zero-order valence-electron chi connectivity index (χ0n) is 12.2. The quantitative estimate of drug-likeness (QED) is 0.387. The normalized spacial score (nSPS) is 15.5. The number of sulfonamides is 1. The zero-order valence-corrected chi connectivity index (χ0v) is 13.9. The molecule has 0 unspecified atom stereocenters. The van der Waals surface area contributed by atoms with Crippen LogP contribution in [0, 0.1) is 0 Å². The SMILES string of the molecule is NC(=S)/C(=N/Nc1ccc(S(N)(=O)=O)cc1)C(=O)N1CCCC1. The first-order chi connectivity index (χ1) is 10.8. The maximum absolute atomic E-state index is 12.3. The van der Waals surface area contributed by atoms with Crippen LogP contribution in [0.3, 0.4) is 0 Å². The van der Waals surface area contributed by atoms with Gasteiger partial charge in [-0.1, -0.05) is 12.2 Å². The van der Waals surface area contributed by atoms with Gasteiger partial charge in [-0.3, -0.25) is 10.2 Å². The Balaban J connectivity index is 2.14. The molecule has 1 aliphatic rings. The van der Waals surface area contributed by atoms with Crippen molar-refractivity contribution in [2.45, 2.75) is 17.7 Å². The summed E-state index contributed by atoms with van der Waals surface area (Å²) in [6, 6.07) is 5.60. The number of hydrogen-bond acceptors (Lipinski definition) is 6. The second kappa shape index (κ2) is 7.02. The maximum atomic E-state index is 12.3. The fourth-order valence-corrected chi connectivity index (χ4v) is 2.77. The maximum Gasteiger partial charge on any atom is 0.277 e. The van der Waals surface area contributed by atoms with Gasteiger partial charge >= 0.3 is 0 Å². The van der Waals surface area contributed by atoms with Gasteiger partial charge in [0, 0.05) is 13.1 Å². The molecule has 5 N–H and O–H groups in total. The third-order valence-corrected chi connectivity index (χ3v) is 4.43. The first kappa shape index (κ1) is 17.3. The predicted octanol–water partition coefficient (Wildman–Crippen LogP) is 0.0104. The number of hydrazone groups is 1. The minimum Gasteiger partial charge on any atom is -0.388 e. The summed E-state index contributed by atoms with van der Waals surface area (Å²) in [7, 11) is -3.75. The standard InChI is InChI=1S/C13H17N5O3S2/c14-12(22)11(13(19)18-7-1-2-8-18)17-16-9-3-5-10(6-4-9)23(15,20)21/h3-6,16H,1-2,7-8H2,(H2,14,22)(H2,15,20,21)/b17-11-. The highest BCUT2D eigenvalue weighted by Gasteiger charge is 2.24. The summed E-state index contributed by atoms with van der Waals surface area (Å²) in [5, 5.41) is 8.98. The molecule has 2 rings (SSSR count). The molecule has 1 heterocycles. The Bertz CT molecular complexity index is 737. The number of nitrogens with zero attached hydrogens (tertiary/aromatic N) is 2. The van der Waals surface area contributed by atoms with E-state index in [-0.39, 0.29) is 21.5 Å². The smallest absolute Gasteiger partial charge is 0.277 e. The fourth-order valence-electron chi connectivity index (χ4n) is 2.12. The van der Waals surface area contributed by atoms with Gasteiger partial charge in [-0.2, -0.15) is 5.10 Å². The van der Waals surface area contributed by atoms with E-state index < -0.39 is 10.0 Å². The Morgan fingerprint density at radius 1 is 1.22 bits per heavy atom. The van der Waals surface area contributed by atoms with Crippen LogP contribution in [0.15, 0.2) is 34.3 Å². The van der Waals surface area contributed by atoms with Crippen LogP contribution in [0.2, 0.25) is 0 Å². The van der Waals surface area contributed by atoms with Crippen molar-refractivity contribution in [2.75, 3.05) is 18.5 Å². The number of hydrogen-bond donors (Lipinski definition) is 3. The molecule has 124 valence electrons. The topological polar surface area (TPSA) is 131 Å². The van der Waals surface area contributed by atoms with Gasteiger partial charge in [0.15, 0.2) is 5.71 Å². The van der Waals surface area contributed by atoms with Crippen LogP contribution in [-0.2, 0) is 14.8 Å². The van der Waals surface area contributed by atoms with Gasteiger partial charge in [0.25, 0.3) is 5.91 Å². The molecule has 8 nitrogen and oxygen atoms in total. The van der Waals surface area contributed by atoms with Crippen molar-refractivity contribution in [3.05, 3.63) is 24.3 Å². The second-order valence-electron chi connectivity index (χ2n) is 5.01. The van der Waals surface area contributed by atoms with E-state index in [1.54, 1.807) is 4.90 Å². The summed E-state index contributed by atoms with van der Waals surface area (Å²) in [6.07, 6.45) is 1.89. The first-order valence-electron chi connectivity index (χ1n) is 6.84. The van der Waals surface area contributed by atoms with Crippen molar-refractivity contribution in [3.8, 4) is 0 Å². The summed E-state index contributed by atoms with van der Waals surface area (Å²) in [4.78, 5) is 13.8. The number of rotatable bonds is 5. The van der Waals surface area contributed by atoms with E-state index in [0.29, 0.717) is 18.8 Å². The lowest BCUT2D eigenvalue weighted by molar-refractivity contribution is -0.122. The third kappa shape index (κ3) is 4.47. The van der Waals surface area contributed by atoms with Crippen LogP contribution in [0.5, 0.6) is 0 Å². The van der Waals surface area contributed by atoms with Crippen LogP contribution in [-0.4, -0.2) is 43.0 Å². The summed E-state index contributed by atoms with van der Waals surface area (Å²) < 4.78 is 22.4. The summed E-state index contributed by atoms with van der Waals surface area (Å²) in [5.74, 6) is -0.316. The molecule has 0 atom stereocenters. The number of nitrogens with one attached hydrogen (secondary N) is 1. The molecule has 0 bridgehead atoms. The summed E-state index contributed by atoms with van der Waals surface area (Å²) in [6.45, 7) is 1.31. The highest BCUT2D eigenvalue weighted by molar-refractivity contribution is 7.89. The van der Waals surface area contributed by atoms with Gasteiger partial charge in [0.2, 0.25) is 10.0 Å². The molecule has 1 saturated heterocycles. The lowest BCUT2D eigenvalue weighted by atomic mass is 10.3. The van der Waals surface area contributed by atoms with Crippen LogP contribution in [0.25, 0.3) is 0 Å². The van der Waals surface area contributed by atoms with Crippen molar-refractivity contribution in [3.63, 3.8) is 0 Å². The number of nitrogens with two attached hydrogens (primary N) is 2. The third-order valence-electron chi connectivity index (χ3n) is 3.31. The van der Waals surface area contributed by atoms with Crippen LogP contribution in [0.4, 0.5) is 5.69 Å². The molecule has 1 aromatic carbocycles. The number of thiocarbonyl (C=S) groups is 1. The molecule has 1 aromatic rings. The Hall–Kier alpha value is -2.04. The molecule has 1 fully saturated rings. The van der Waals surface area contributed by atoms with E-state index >= 15 is 0 Å². The molecule has 0 saturated carbocycles. The van der Waals surface area contributed by atoms with E-state index in [1.807, 2.05) is 0 Å². The van der Waals surface area contributed by atoms with Crippen LogP contribution >= 0.6 is 12.2 Å². The van der Waals surface area contributed by atoms with E-state index in [0.717, 1.165) is 12.8 Å². The van der Waals surface area contributed by atoms with E-state index in [4.69, 9.17) is 23.1 Å². The van der Waals surface area contributed by atoms with Crippen molar-refractivity contribution < 1.29 is 13.2 Å². The van der Waals surface area contributed by atoms with Gasteiger partial charge in [0.1, 0.15) is 4.99 Å². The average Bonchev–Trinajstić information content (AvgIpc) is 3.00. The molecule has 0 aromatic heterocycles. The molecule has 0 radical (unpaired) electrons. The van der Waals surface area contributed by atoms with Gasteiger partial charge in [-0.25, -0.2) is 13.6 Å². The number of benzene rings is 1. The highest BCUT2D eigenvalue weighted by Crippen LogP contribution is 2.13. The largest absolute Gasteiger partial charge is 0.388 e. The number of likely N-dealkylation sites (tertiary alicyclic amines) is 1. The van der Waals surface area contributed by atoms with Crippen molar-refractivity contribution in [1.82, 2.24) is 4.90 Å². The molecular formula is C13H17N5O3S2. The van der Waals surface area contributed by atoms with Gasteiger partial charge in [-0.05, 0) is 37.1 Å². The number of anilines is 1. The molecule has 10 heteroatoms. The van der Waals surface area contributed by atoms with E-state index in [1.165, 1.54) is 24.3 Å². The summed E-state index contributed by atoms with van der Waals surface area (Å²) in [5.41, 5.74) is 8.66. The zero-order chi connectivity index (χ0) is 17.0. The minimum absolute atomic E-state index is 0.0188. The Morgan fingerprint density at radius 3 is 2.26 bits per heavy atom. The first-order valence-corrected chi connectivity index (χ1v) is 8.80. The predicted molar refractivity (Wildman–Crippen MR) is 91.5 cm³/mol. The van der Waals surface area contributed by atoms with Crippen molar-refractivity contribution in [2.24, 2.45) is 16.0 Å². The van der Waals surface area contributed by atoms with Gasteiger partial charge in [0.05, 0.1) is 10.6 Å². The Labute approximate surface area is 139 Å². The minimum atomic E-state index is -3.75. The fraction of sp³-hybridized carbons (Fsp3) is 0.308. The summed E-state index contributed by atoms with van der Waals surface area (Å²) >= 11 is 4.88. The van der Waals surface area contributed by atoms with E-state index in [9.17, 15) is 13.2 Å². The molecular weight excluding hydrogens is 338 g/mol. The van der Waals surface area contributed by atoms with Gasteiger partial charge in [-0.15, -0.1) is 0 Å². The molecule has 0 spiro atoms. The average molecular weight is 355 g/mol. The van der Waals surface area contributed by atoms with E-state index in [2.05, 4.69) is 10.5 Å². The Morgan fingerprint density at radius 2 is 1.78 bits per heavy atom. The lowest BCUT2D eigenvalue weighted by Gasteiger charge is -2.16. The van der Waals surface area contributed by atoms with Crippen LogP contribution in [0.1, 0.15) is 12.8 Å². The second-order valence-corrected chi connectivity index (χ2v) is 7.01. The van der Waals surface area contributed by atoms with Crippen LogP contribution < -0.4 is 16.3 Å². The van der Waals surface area contributed by atoms with Gasteiger partial charge < -0.3 is 10.6 Å². The van der Waals surface area contributed by atoms with Crippen molar-refractivity contribution in [1.29, 1.82) is 0 Å². The molecule has 23 heavy (non-hydrogen) atoms. The lowest BCUT2D eigenvalue weighted by Crippen LogP contribution is -2.40. The number of carbonyl (C=O) groups is 1. The van der Waals surface area contributed by atoms with Crippen molar-refractivity contribution >= 4 is 44.5 Å². The molecule has 1 aliphatic heterocycles. The monoisotopic (exact) mass is 355 g/mol.